The van der Waals surface area contributed by atoms with E-state index in [1.165, 1.54) is 6.26 Å². The van der Waals surface area contributed by atoms with Gasteiger partial charge in [-0.2, -0.15) is 0 Å². The van der Waals surface area contributed by atoms with Crippen LogP contribution in [-0.4, -0.2) is 21.7 Å². The van der Waals surface area contributed by atoms with E-state index in [-0.39, 0.29) is 12.1 Å². The molecule has 0 unspecified atom stereocenters. The summed E-state index contributed by atoms with van der Waals surface area (Å²) in [5, 5.41) is 2.29. The average Bonchev–Trinajstić information content (AvgIpc) is 2.89. The van der Waals surface area contributed by atoms with E-state index in [1.54, 1.807) is 0 Å². The molecule has 1 N–H and O–H groups in total. The van der Waals surface area contributed by atoms with Gasteiger partial charge in [-0.15, -0.1) is 0 Å². The predicted molar refractivity (Wildman–Crippen MR) is 102 cm³/mol. The van der Waals surface area contributed by atoms with Crippen molar-refractivity contribution in [2.75, 3.05) is 18.2 Å². The Balaban J connectivity index is 1.91. The maximum atomic E-state index is 12.0. The summed E-state index contributed by atoms with van der Waals surface area (Å²) in [6, 6.07) is 21.9. The Kier molecular flexibility index (Phi) is 3.78. The Labute approximate surface area is 148 Å². The van der Waals surface area contributed by atoms with E-state index in [2.05, 4.69) is 27.8 Å². The summed E-state index contributed by atoms with van der Waals surface area (Å²) in [5.41, 5.74) is 3.24. The molecule has 0 heterocycles. The molecule has 0 aromatic heterocycles. The largest absolute Gasteiger partial charge is 0.366 e. The molecule has 0 saturated heterocycles. The Bertz CT molecular complexity index is 1030. The smallest absolute Gasteiger partial charge is 0.209 e. The molecular weight excluding hydrogens is 332 g/mol. The molecular formula is C20H20N2O2S. The van der Waals surface area contributed by atoms with Crippen LogP contribution in [0.5, 0.6) is 0 Å². The number of anilines is 1. The summed E-state index contributed by atoms with van der Waals surface area (Å²) >= 11 is 0. The number of sulfonamides is 1. The SMILES string of the molecule is CN(c1ccccc1)[C@H]1c2cccc3cccc(c23)[C@@H]1NS(C)(=O)=O. The lowest BCUT2D eigenvalue weighted by atomic mass is 10.0. The van der Waals surface area contributed by atoms with Gasteiger partial charge in [-0.25, -0.2) is 13.1 Å². The summed E-state index contributed by atoms with van der Waals surface area (Å²) < 4.78 is 26.9. The number of nitrogens with zero attached hydrogens (tertiary/aromatic N) is 1. The highest BCUT2D eigenvalue weighted by molar-refractivity contribution is 7.88. The van der Waals surface area contributed by atoms with Crippen LogP contribution in [0.4, 0.5) is 5.69 Å². The number of nitrogens with one attached hydrogen (secondary N) is 1. The van der Waals surface area contributed by atoms with Crippen molar-refractivity contribution in [2.24, 2.45) is 0 Å². The van der Waals surface area contributed by atoms with Crippen molar-refractivity contribution in [3.63, 3.8) is 0 Å². The van der Waals surface area contributed by atoms with E-state index in [4.69, 9.17) is 0 Å². The second-order valence-electron chi connectivity index (χ2n) is 6.55. The first-order chi connectivity index (χ1) is 12.0. The van der Waals surface area contributed by atoms with Gasteiger partial charge in [0.25, 0.3) is 0 Å². The lowest BCUT2D eigenvalue weighted by molar-refractivity contribution is 0.508. The van der Waals surface area contributed by atoms with Crippen LogP contribution < -0.4 is 9.62 Å². The van der Waals surface area contributed by atoms with Crippen molar-refractivity contribution < 1.29 is 8.42 Å². The van der Waals surface area contributed by atoms with Crippen LogP contribution in [0.15, 0.2) is 66.7 Å². The second-order valence-corrected chi connectivity index (χ2v) is 8.33. The fourth-order valence-corrected chi connectivity index (χ4v) is 4.59. The van der Waals surface area contributed by atoms with Crippen molar-refractivity contribution in [3.05, 3.63) is 77.9 Å². The van der Waals surface area contributed by atoms with Gasteiger partial charge in [0.15, 0.2) is 0 Å². The van der Waals surface area contributed by atoms with Gasteiger partial charge in [0.1, 0.15) is 0 Å². The third-order valence-electron chi connectivity index (χ3n) is 4.86. The number of benzene rings is 3. The zero-order valence-corrected chi connectivity index (χ0v) is 15.0. The molecule has 0 bridgehead atoms. The number of hydrogen-bond donors (Lipinski definition) is 1. The molecule has 1 aliphatic rings. The van der Waals surface area contributed by atoms with Crippen LogP contribution in [0.2, 0.25) is 0 Å². The molecule has 0 aliphatic heterocycles. The van der Waals surface area contributed by atoms with E-state index in [0.717, 1.165) is 27.6 Å². The van der Waals surface area contributed by atoms with Crippen LogP contribution in [0, 0.1) is 0 Å². The lowest BCUT2D eigenvalue weighted by Gasteiger charge is -2.33. The minimum atomic E-state index is -3.35. The molecule has 3 aromatic carbocycles. The first kappa shape index (κ1) is 16.1. The molecule has 0 spiro atoms. The first-order valence-electron chi connectivity index (χ1n) is 8.22. The summed E-state index contributed by atoms with van der Waals surface area (Å²) in [6.45, 7) is 0. The molecule has 4 rings (SSSR count). The van der Waals surface area contributed by atoms with Gasteiger partial charge in [-0.1, -0.05) is 54.6 Å². The summed E-state index contributed by atoms with van der Waals surface area (Å²) in [7, 11) is -1.33. The van der Waals surface area contributed by atoms with E-state index in [1.807, 2.05) is 55.6 Å². The fourth-order valence-electron chi connectivity index (χ4n) is 3.87. The number of likely N-dealkylation sites (N-methyl/N-ethyl adjacent to an activating group) is 1. The lowest BCUT2D eigenvalue weighted by Crippen LogP contribution is -2.36. The van der Waals surface area contributed by atoms with Crippen LogP contribution in [0.1, 0.15) is 23.2 Å². The second kappa shape index (κ2) is 5.86. The summed E-state index contributed by atoms with van der Waals surface area (Å²) in [6.07, 6.45) is 1.22. The maximum Gasteiger partial charge on any atom is 0.209 e. The number of hydrogen-bond acceptors (Lipinski definition) is 3. The van der Waals surface area contributed by atoms with Crippen molar-refractivity contribution in [2.45, 2.75) is 12.1 Å². The van der Waals surface area contributed by atoms with Crippen LogP contribution in [0.3, 0.4) is 0 Å². The van der Waals surface area contributed by atoms with Crippen LogP contribution in [0.25, 0.3) is 10.8 Å². The van der Waals surface area contributed by atoms with Gasteiger partial charge in [-0.3, -0.25) is 0 Å². The highest BCUT2D eigenvalue weighted by Gasteiger charge is 2.38. The van der Waals surface area contributed by atoms with Gasteiger partial charge < -0.3 is 4.90 Å². The monoisotopic (exact) mass is 352 g/mol. The molecule has 25 heavy (non-hydrogen) atoms. The summed E-state index contributed by atoms with van der Waals surface area (Å²) in [5.74, 6) is 0. The average molecular weight is 352 g/mol. The third kappa shape index (κ3) is 2.79. The van der Waals surface area contributed by atoms with Crippen LogP contribution in [-0.2, 0) is 10.0 Å². The molecule has 0 saturated carbocycles. The molecule has 0 radical (unpaired) electrons. The zero-order chi connectivity index (χ0) is 17.6. The first-order valence-corrected chi connectivity index (χ1v) is 10.1. The maximum absolute atomic E-state index is 12.0. The molecule has 128 valence electrons. The van der Waals surface area contributed by atoms with Crippen molar-refractivity contribution in [3.8, 4) is 0 Å². The highest BCUT2D eigenvalue weighted by atomic mass is 32.2. The Morgan fingerprint density at radius 2 is 1.52 bits per heavy atom. The minimum Gasteiger partial charge on any atom is -0.366 e. The molecule has 0 amide bonds. The van der Waals surface area contributed by atoms with Crippen LogP contribution >= 0.6 is 0 Å². The number of para-hydroxylation sites is 1. The van der Waals surface area contributed by atoms with Gasteiger partial charge in [-0.05, 0) is 34.0 Å². The van der Waals surface area contributed by atoms with Gasteiger partial charge in [0.05, 0.1) is 18.3 Å². The van der Waals surface area contributed by atoms with Crippen molar-refractivity contribution in [1.29, 1.82) is 0 Å². The number of rotatable bonds is 4. The Hall–Kier alpha value is -2.37. The minimum absolute atomic E-state index is 0.0989. The molecule has 1 aliphatic carbocycles. The van der Waals surface area contributed by atoms with E-state index in [0.29, 0.717) is 0 Å². The Morgan fingerprint density at radius 3 is 2.16 bits per heavy atom. The van der Waals surface area contributed by atoms with Gasteiger partial charge >= 0.3 is 0 Å². The van der Waals surface area contributed by atoms with E-state index < -0.39 is 10.0 Å². The molecule has 5 heteroatoms. The Morgan fingerprint density at radius 1 is 0.880 bits per heavy atom. The van der Waals surface area contributed by atoms with E-state index in [9.17, 15) is 8.42 Å². The highest BCUT2D eigenvalue weighted by Crippen LogP contribution is 2.47. The topological polar surface area (TPSA) is 49.4 Å². The normalized spacial score (nSPS) is 19.3. The van der Waals surface area contributed by atoms with Gasteiger partial charge in [0, 0.05) is 12.7 Å². The fraction of sp³-hybridized carbons (Fsp3) is 0.200. The standard InChI is InChI=1S/C20H20N2O2S/c1-22(15-10-4-3-5-11-15)20-17-13-7-9-14-8-6-12-16(18(14)17)19(20)21-25(2,23)24/h3-13,19-21H,1-2H3/t19-,20-/m0/s1. The van der Waals surface area contributed by atoms with Crippen molar-refractivity contribution in [1.82, 2.24) is 4.72 Å². The quantitative estimate of drug-likeness (QED) is 0.780. The predicted octanol–water partition coefficient (Wildman–Crippen LogP) is 3.62. The molecule has 2 atom stereocenters. The van der Waals surface area contributed by atoms with E-state index >= 15 is 0 Å². The third-order valence-corrected chi connectivity index (χ3v) is 5.54. The summed E-state index contributed by atoms with van der Waals surface area (Å²) in [4.78, 5) is 2.15. The molecule has 4 nitrogen and oxygen atoms in total. The molecule has 3 aromatic rings. The van der Waals surface area contributed by atoms with Gasteiger partial charge in [0.2, 0.25) is 10.0 Å². The molecule has 0 fully saturated rings. The van der Waals surface area contributed by atoms with Crippen molar-refractivity contribution >= 4 is 26.5 Å². The zero-order valence-electron chi connectivity index (χ0n) is 14.2.